The highest BCUT2D eigenvalue weighted by atomic mass is 32.2. The second-order valence-corrected chi connectivity index (χ2v) is 4.95. The Hall–Kier alpha value is -0.220. The van der Waals surface area contributed by atoms with Crippen LogP contribution in [0.5, 0.6) is 0 Å². The van der Waals surface area contributed by atoms with Crippen LogP contribution in [0.4, 0.5) is 0 Å². The van der Waals surface area contributed by atoms with Gasteiger partial charge in [-0.1, -0.05) is 0 Å². The van der Waals surface area contributed by atoms with E-state index in [1.807, 2.05) is 11.8 Å². The average Bonchev–Trinajstić information content (AvgIpc) is 2.13. The van der Waals surface area contributed by atoms with Crippen LogP contribution in [0, 0.1) is 0 Å². The monoisotopic (exact) mass is 216 g/mol. The molecule has 0 heterocycles. The fraction of sp³-hybridized carbons (Fsp3) is 0.900. The molecule has 0 spiro atoms. The number of nitrogens with one attached hydrogen (secondary N) is 1. The summed E-state index contributed by atoms with van der Waals surface area (Å²) < 4.78 is 0. The maximum atomic E-state index is 11.5. The van der Waals surface area contributed by atoms with Crippen molar-refractivity contribution in [1.82, 2.24) is 5.32 Å². The summed E-state index contributed by atoms with van der Waals surface area (Å²) in [4.78, 5) is 11.5. The molecule has 82 valence electrons. The smallest absolute Gasteiger partial charge is 0.240 e. The topological polar surface area (TPSA) is 55.1 Å². The number of hydrogen-bond acceptors (Lipinski definition) is 3. The molecule has 0 aromatic carbocycles. The Morgan fingerprint density at radius 2 is 2.21 bits per heavy atom. The molecule has 4 heteroatoms. The minimum absolute atomic E-state index is 0.0490. The van der Waals surface area contributed by atoms with Gasteiger partial charge in [0.05, 0.1) is 5.54 Å². The summed E-state index contributed by atoms with van der Waals surface area (Å²) >= 11 is 1.84. The molecule has 3 N–H and O–H groups in total. The van der Waals surface area contributed by atoms with E-state index in [-0.39, 0.29) is 5.91 Å². The lowest BCUT2D eigenvalue weighted by molar-refractivity contribution is -0.129. The molecular weight excluding hydrogens is 196 g/mol. The number of amides is 1. The predicted molar refractivity (Wildman–Crippen MR) is 61.4 cm³/mol. The second kappa shape index (κ2) is 5.61. The molecule has 1 aliphatic rings. The predicted octanol–water partition coefficient (Wildman–Crippen LogP) is 1.13. The summed E-state index contributed by atoms with van der Waals surface area (Å²) in [6, 6.07) is 0. The Morgan fingerprint density at radius 3 is 2.71 bits per heavy atom. The third-order valence-electron chi connectivity index (χ3n) is 2.76. The van der Waals surface area contributed by atoms with Gasteiger partial charge in [-0.15, -0.1) is 0 Å². The summed E-state index contributed by atoms with van der Waals surface area (Å²) in [5.74, 6) is 1.22. The lowest BCUT2D eigenvalue weighted by atomic mass is 9.77. The van der Waals surface area contributed by atoms with Crippen molar-refractivity contribution < 1.29 is 4.79 Å². The van der Waals surface area contributed by atoms with Gasteiger partial charge in [0.1, 0.15) is 0 Å². The van der Waals surface area contributed by atoms with Gasteiger partial charge < -0.3 is 11.1 Å². The molecule has 1 amide bonds. The van der Waals surface area contributed by atoms with Crippen molar-refractivity contribution in [1.29, 1.82) is 0 Å². The fourth-order valence-electron chi connectivity index (χ4n) is 1.53. The van der Waals surface area contributed by atoms with E-state index in [9.17, 15) is 4.79 Å². The number of nitrogens with two attached hydrogens (primary N) is 1. The number of carbonyl (C=O) groups is 1. The van der Waals surface area contributed by atoms with Crippen LogP contribution in [0.1, 0.15) is 32.1 Å². The van der Waals surface area contributed by atoms with E-state index < -0.39 is 5.54 Å². The zero-order valence-corrected chi connectivity index (χ0v) is 9.66. The van der Waals surface area contributed by atoms with Crippen molar-refractivity contribution in [3.05, 3.63) is 0 Å². The van der Waals surface area contributed by atoms with Gasteiger partial charge in [0.15, 0.2) is 0 Å². The van der Waals surface area contributed by atoms with Gasteiger partial charge in [-0.25, -0.2) is 0 Å². The summed E-state index contributed by atoms with van der Waals surface area (Å²) in [5, 5.41) is 2.91. The first kappa shape index (κ1) is 11.9. The zero-order chi connectivity index (χ0) is 10.4. The standard InChI is InChI=1S/C10H20N2OS/c1-14-8-3-2-7-12-9(13)10(11)5-4-6-10/h2-8,11H2,1H3,(H,12,13). The van der Waals surface area contributed by atoms with Gasteiger partial charge in [-0.3, -0.25) is 4.79 Å². The third-order valence-corrected chi connectivity index (χ3v) is 3.46. The molecule has 0 aliphatic heterocycles. The maximum Gasteiger partial charge on any atom is 0.240 e. The molecule has 0 aromatic rings. The fourth-order valence-corrected chi connectivity index (χ4v) is 2.03. The third kappa shape index (κ3) is 3.17. The van der Waals surface area contributed by atoms with Crippen molar-refractivity contribution in [3.63, 3.8) is 0 Å². The van der Waals surface area contributed by atoms with Gasteiger partial charge in [0.25, 0.3) is 0 Å². The van der Waals surface area contributed by atoms with Crippen molar-refractivity contribution in [2.75, 3.05) is 18.6 Å². The van der Waals surface area contributed by atoms with Crippen molar-refractivity contribution in [3.8, 4) is 0 Å². The van der Waals surface area contributed by atoms with Crippen molar-refractivity contribution in [2.24, 2.45) is 5.73 Å². The molecule has 0 atom stereocenters. The lowest BCUT2D eigenvalue weighted by Crippen LogP contribution is -2.58. The molecule has 1 saturated carbocycles. The number of hydrogen-bond donors (Lipinski definition) is 2. The van der Waals surface area contributed by atoms with Gasteiger partial charge in [-0.05, 0) is 44.1 Å². The first-order chi connectivity index (χ1) is 6.69. The Kier molecular flexibility index (Phi) is 4.75. The molecule has 14 heavy (non-hydrogen) atoms. The Morgan fingerprint density at radius 1 is 1.50 bits per heavy atom. The Labute approximate surface area is 90.2 Å². The van der Waals surface area contributed by atoms with Crippen LogP contribution in [-0.2, 0) is 4.79 Å². The number of carbonyl (C=O) groups excluding carboxylic acids is 1. The highest BCUT2D eigenvalue weighted by Crippen LogP contribution is 2.28. The van der Waals surface area contributed by atoms with Crippen LogP contribution in [0.25, 0.3) is 0 Å². The summed E-state index contributed by atoms with van der Waals surface area (Å²) in [5.41, 5.74) is 5.34. The largest absolute Gasteiger partial charge is 0.355 e. The van der Waals surface area contributed by atoms with Gasteiger partial charge >= 0.3 is 0 Å². The van der Waals surface area contributed by atoms with E-state index >= 15 is 0 Å². The van der Waals surface area contributed by atoms with E-state index in [1.54, 1.807) is 0 Å². The van der Waals surface area contributed by atoms with Gasteiger partial charge in [0, 0.05) is 6.54 Å². The zero-order valence-electron chi connectivity index (χ0n) is 8.84. The number of unbranched alkanes of at least 4 members (excludes halogenated alkanes) is 1. The molecule has 0 bridgehead atoms. The molecule has 1 fully saturated rings. The molecule has 0 saturated heterocycles. The summed E-state index contributed by atoms with van der Waals surface area (Å²) in [6.07, 6.45) is 7.12. The minimum atomic E-state index is -0.528. The Balaban J connectivity index is 2.03. The van der Waals surface area contributed by atoms with Crippen molar-refractivity contribution >= 4 is 17.7 Å². The molecule has 3 nitrogen and oxygen atoms in total. The molecule has 0 aromatic heterocycles. The van der Waals surface area contributed by atoms with Gasteiger partial charge in [0.2, 0.25) is 5.91 Å². The molecule has 1 aliphatic carbocycles. The van der Waals surface area contributed by atoms with Crippen molar-refractivity contribution in [2.45, 2.75) is 37.6 Å². The van der Waals surface area contributed by atoms with E-state index in [0.29, 0.717) is 0 Å². The summed E-state index contributed by atoms with van der Waals surface area (Å²) in [7, 11) is 0. The normalized spacial score (nSPS) is 18.7. The van der Waals surface area contributed by atoms with Crippen LogP contribution >= 0.6 is 11.8 Å². The highest BCUT2D eigenvalue weighted by molar-refractivity contribution is 7.98. The number of thioether (sulfide) groups is 1. The lowest BCUT2D eigenvalue weighted by Gasteiger charge is -2.36. The van der Waals surface area contributed by atoms with E-state index in [2.05, 4.69) is 11.6 Å². The molecule has 1 rings (SSSR count). The van der Waals surface area contributed by atoms with Crippen LogP contribution < -0.4 is 11.1 Å². The first-order valence-electron chi connectivity index (χ1n) is 5.25. The Bertz CT molecular complexity index is 193. The SMILES string of the molecule is CSCCCCNC(=O)C1(N)CCC1. The maximum absolute atomic E-state index is 11.5. The second-order valence-electron chi connectivity index (χ2n) is 3.97. The van der Waals surface area contributed by atoms with Crippen LogP contribution in [0.15, 0.2) is 0 Å². The van der Waals surface area contributed by atoms with E-state index in [4.69, 9.17) is 5.73 Å². The molecule has 0 unspecified atom stereocenters. The van der Waals surface area contributed by atoms with Crippen LogP contribution in [0.3, 0.4) is 0 Å². The van der Waals surface area contributed by atoms with E-state index in [0.717, 1.165) is 32.2 Å². The van der Waals surface area contributed by atoms with E-state index in [1.165, 1.54) is 12.2 Å². The molecule has 0 radical (unpaired) electrons. The minimum Gasteiger partial charge on any atom is -0.355 e. The van der Waals surface area contributed by atoms with Crippen LogP contribution in [0.2, 0.25) is 0 Å². The number of rotatable bonds is 6. The van der Waals surface area contributed by atoms with Crippen LogP contribution in [-0.4, -0.2) is 30.0 Å². The first-order valence-corrected chi connectivity index (χ1v) is 6.64. The quantitative estimate of drug-likeness (QED) is 0.654. The highest BCUT2D eigenvalue weighted by Gasteiger charge is 2.39. The van der Waals surface area contributed by atoms with Gasteiger partial charge in [-0.2, -0.15) is 11.8 Å². The average molecular weight is 216 g/mol. The molecular formula is C10H20N2OS. The summed E-state index contributed by atoms with van der Waals surface area (Å²) in [6.45, 7) is 0.776.